The fraction of sp³-hybridized carbons (Fsp3) is 0.611. The van der Waals surface area contributed by atoms with Crippen molar-refractivity contribution < 1.29 is 8.42 Å². The van der Waals surface area contributed by atoms with E-state index in [4.69, 9.17) is 11.6 Å². The van der Waals surface area contributed by atoms with Crippen LogP contribution >= 0.6 is 35.6 Å². The van der Waals surface area contributed by atoms with E-state index in [0.29, 0.717) is 19.0 Å². The minimum Gasteiger partial charge on any atom is -0.356 e. The first-order chi connectivity index (χ1) is 11.7. The Morgan fingerprint density at radius 2 is 1.96 bits per heavy atom. The van der Waals surface area contributed by atoms with Crippen LogP contribution in [0.25, 0.3) is 0 Å². The van der Waals surface area contributed by atoms with Crippen molar-refractivity contribution in [3.63, 3.8) is 0 Å². The number of halogens is 2. The van der Waals surface area contributed by atoms with Gasteiger partial charge in [-0.15, -0.1) is 24.0 Å². The van der Waals surface area contributed by atoms with Gasteiger partial charge in [0.1, 0.15) is 0 Å². The van der Waals surface area contributed by atoms with Gasteiger partial charge in [0, 0.05) is 37.6 Å². The second-order valence-corrected chi connectivity index (χ2v) is 10.3. The Morgan fingerprint density at radius 1 is 1.35 bits per heavy atom. The number of nitrogens with zero attached hydrogens (tertiary/aromatic N) is 2. The molecule has 0 saturated carbocycles. The molecule has 0 aromatic heterocycles. The third-order valence-corrected chi connectivity index (χ3v) is 7.68. The SMILES string of the molecule is CCC(CNC(=NC)N1CCS(=O)(=O)C(C)(C)C1)c1ccc(Cl)cc1.I. The number of hydrogen-bond acceptors (Lipinski definition) is 3. The van der Waals surface area contributed by atoms with Gasteiger partial charge in [0.2, 0.25) is 0 Å². The van der Waals surface area contributed by atoms with E-state index in [2.05, 4.69) is 29.4 Å². The number of nitrogens with one attached hydrogen (secondary N) is 1. The molecule has 0 amide bonds. The average molecular weight is 514 g/mol. The molecule has 1 aliphatic rings. The van der Waals surface area contributed by atoms with Gasteiger partial charge in [-0.05, 0) is 38.0 Å². The molecular weight excluding hydrogens is 485 g/mol. The summed E-state index contributed by atoms with van der Waals surface area (Å²) in [6, 6.07) is 7.92. The third-order valence-electron chi connectivity index (χ3n) is 4.90. The largest absolute Gasteiger partial charge is 0.356 e. The zero-order valence-electron chi connectivity index (χ0n) is 15.8. The normalized spacial score (nSPS) is 20.2. The van der Waals surface area contributed by atoms with Crippen LogP contribution in [0.2, 0.25) is 5.02 Å². The molecule has 148 valence electrons. The molecule has 8 heteroatoms. The monoisotopic (exact) mass is 513 g/mol. The Balaban J connectivity index is 0.00000338. The standard InChI is InChI=1S/C18H28ClN3O2S.HI/c1-5-14(15-6-8-16(19)9-7-15)12-21-17(20-4)22-10-11-25(23,24)18(2,3)13-22;/h6-9,14H,5,10-13H2,1-4H3,(H,20,21);1H. The fourth-order valence-corrected chi connectivity index (χ4v) is 4.60. The smallest absolute Gasteiger partial charge is 0.193 e. The van der Waals surface area contributed by atoms with E-state index in [-0.39, 0.29) is 29.7 Å². The number of guanidine groups is 1. The van der Waals surface area contributed by atoms with Gasteiger partial charge in [-0.3, -0.25) is 4.99 Å². The van der Waals surface area contributed by atoms with Gasteiger partial charge in [-0.1, -0.05) is 30.7 Å². The molecule has 1 aliphatic heterocycles. The molecule has 2 rings (SSSR count). The number of hydrogen-bond donors (Lipinski definition) is 1. The first kappa shape index (κ1) is 23.5. The number of sulfone groups is 1. The summed E-state index contributed by atoms with van der Waals surface area (Å²) in [5, 5.41) is 4.15. The van der Waals surface area contributed by atoms with Gasteiger partial charge in [0.05, 0.1) is 10.5 Å². The molecule has 0 radical (unpaired) electrons. The quantitative estimate of drug-likeness (QED) is 0.380. The molecule has 1 saturated heterocycles. The zero-order valence-corrected chi connectivity index (χ0v) is 19.7. The molecule has 1 fully saturated rings. The van der Waals surface area contributed by atoms with Crippen LogP contribution in [0.4, 0.5) is 0 Å². The highest BCUT2D eigenvalue weighted by atomic mass is 127. The summed E-state index contributed by atoms with van der Waals surface area (Å²) < 4.78 is 23.6. The third kappa shape index (κ3) is 5.48. The molecule has 0 bridgehead atoms. The summed E-state index contributed by atoms with van der Waals surface area (Å²) in [6.45, 7) is 7.39. The lowest BCUT2D eigenvalue weighted by atomic mass is 9.96. The van der Waals surface area contributed by atoms with E-state index in [0.717, 1.165) is 23.9 Å². The maximum absolute atomic E-state index is 12.2. The zero-order chi connectivity index (χ0) is 18.7. The highest BCUT2D eigenvalue weighted by molar-refractivity contribution is 14.0. The highest BCUT2D eigenvalue weighted by Crippen LogP contribution is 2.24. The lowest BCUT2D eigenvalue weighted by Crippen LogP contribution is -2.57. The molecular formula is C18H29ClIN3O2S. The molecule has 1 aromatic carbocycles. The molecule has 1 N–H and O–H groups in total. The maximum Gasteiger partial charge on any atom is 0.193 e. The predicted molar refractivity (Wildman–Crippen MR) is 121 cm³/mol. The van der Waals surface area contributed by atoms with Gasteiger partial charge in [-0.25, -0.2) is 8.42 Å². The van der Waals surface area contributed by atoms with Crippen molar-refractivity contribution in [1.82, 2.24) is 10.2 Å². The van der Waals surface area contributed by atoms with Crippen molar-refractivity contribution in [3.8, 4) is 0 Å². The van der Waals surface area contributed by atoms with Crippen LogP contribution in [0.5, 0.6) is 0 Å². The minimum absolute atomic E-state index is 0. The Bertz CT molecular complexity index is 720. The Morgan fingerprint density at radius 3 is 2.46 bits per heavy atom. The van der Waals surface area contributed by atoms with Crippen LogP contribution in [-0.4, -0.2) is 56.5 Å². The van der Waals surface area contributed by atoms with Gasteiger partial charge in [0.25, 0.3) is 0 Å². The van der Waals surface area contributed by atoms with Crippen molar-refractivity contribution in [3.05, 3.63) is 34.9 Å². The van der Waals surface area contributed by atoms with E-state index in [1.54, 1.807) is 20.9 Å². The molecule has 1 atom stereocenters. The highest BCUT2D eigenvalue weighted by Gasteiger charge is 2.40. The summed E-state index contributed by atoms with van der Waals surface area (Å²) in [7, 11) is -1.32. The van der Waals surface area contributed by atoms with Crippen LogP contribution in [0.1, 0.15) is 38.7 Å². The first-order valence-corrected chi connectivity index (χ1v) is 10.7. The molecule has 0 aliphatic carbocycles. The number of rotatable bonds is 4. The second kappa shape index (κ2) is 9.59. The fourth-order valence-electron chi connectivity index (χ4n) is 3.10. The van der Waals surface area contributed by atoms with Crippen molar-refractivity contribution in [2.45, 2.75) is 37.9 Å². The van der Waals surface area contributed by atoms with Crippen molar-refractivity contribution >= 4 is 51.4 Å². The maximum atomic E-state index is 12.2. The molecule has 1 aromatic rings. The minimum atomic E-state index is -3.06. The van der Waals surface area contributed by atoms with E-state index >= 15 is 0 Å². The summed E-state index contributed by atoms with van der Waals surface area (Å²) in [4.78, 5) is 6.39. The van der Waals surface area contributed by atoms with Gasteiger partial charge in [0.15, 0.2) is 15.8 Å². The molecule has 1 unspecified atom stereocenters. The molecule has 26 heavy (non-hydrogen) atoms. The van der Waals surface area contributed by atoms with Crippen molar-refractivity contribution in [2.24, 2.45) is 4.99 Å². The average Bonchev–Trinajstić information content (AvgIpc) is 2.56. The first-order valence-electron chi connectivity index (χ1n) is 8.63. The number of aliphatic imine (C=N–C) groups is 1. The summed E-state index contributed by atoms with van der Waals surface area (Å²) in [5.41, 5.74) is 1.23. The van der Waals surface area contributed by atoms with Gasteiger partial charge in [-0.2, -0.15) is 0 Å². The van der Waals surface area contributed by atoms with Crippen LogP contribution in [0.3, 0.4) is 0 Å². The van der Waals surface area contributed by atoms with Gasteiger partial charge < -0.3 is 10.2 Å². The van der Waals surface area contributed by atoms with E-state index in [1.165, 1.54) is 5.56 Å². The van der Waals surface area contributed by atoms with Crippen LogP contribution < -0.4 is 5.32 Å². The van der Waals surface area contributed by atoms with Crippen molar-refractivity contribution in [1.29, 1.82) is 0 Å². The van der Waals surface area contributed by atoms with Crippen LogP contribution in [-0.2, 0) is 9.84 Å². The molecule has 5 nitrogen and oxygen atoms in total. The topological polar surface area (TPSA) is 61.8 Å². The Hall–Kier alpha value is -0.540. The van der Waals surface area contributed by atoms with Crippen molar-refractivity contribution in [2.75, 3.05) is 32.4 Å². The lowest BCUT2D eigenvalue weighted by Gasteiger charge is -2.39. The second-order valence-electron chi connectivity index (χ2n) is 7.08. The van der Waals surface area contributed by atoms with Crippen LogP contribution in [0.15, 0.2) is 29.3 Å². The van der Waals surface area contributed by atoms with E-state index in [9.17, 15) is 8.42 Å². The Labute approximate surface area is 179 Å². The number of benzene rings is 1. The molecule has 0 spiro atoms. The summed E-state index contributed by atoms with van der Waals surface area (Å²) in [5.74, 6) is 1.26. The lowest BCUT2D eigenvalue weighted by molar-refractivity contribution is 0.352. The van der Waals surface area contributed by atoms with E-state index in [1.807, 2.05) is 17.0 Å². The van der Waals surface area contributed by atoms with Crippen LogP contribution in [0, 0.1) is 0 Å². The van der Waals surface area contributed by atoms with E-state index < -0.39 is 14.6 Å². The summed E-state index contributed by atoms with van der Waals surface area (Å²) in [6.07, 6.45) is 0.992. The van der Waals surface area contributed by atoms with Gasteiger partial charge >= 0.3 is 0 Å². The summed E-state index contributed by atoms with van der Waals surface area (Å²) >= 11 is 5.97. The molecule has 1 heterocycles. The predicted octanol–water partition coefficient (Wildman–Crippen LogP) is 3.54. The Kier molecular flexibility index (Phi) is 8.67.